The highest BCUT2D eigenvalue weighted by Gasteiger charge is 2.40. The number of nitrogens with zero attached hydrogens (tertiary/aromatic N) is 3. The van der Waals surface area contributed by atoms with Crippen molar-refractivity contribution in [1.29, 1.82) is 0 Å². The van der Waals surface area contributed by atoms with Crippen LogP contribution in [0, 0.1) is 0 Å². The third kappa shape index (κ3) is 5.48. The van der Waals surface area contributed by atoms with E-state index < -0.39 is 0 Å². The Bertz CT molecular complexity index is 856. The number of piperidine rings is 1. The lowest BCUT2D eigenvalue weighted by molar-refractivity contribution is 0.114. The number of oxazole rings is 1. The Morgan fingerprint density at radius 2 is 1.87 bits per heavy atom. The Morgan fingerprint density at radius 3 is 2.48 bits per heavy atom. The second kappa shape index (κ2) is 9.43. The molecule has 2 N–H and O–H groups in total. The largest absolute Gasteiger partial charge is 0.443 e. The standard InChI is InChI=1S/C25H37N5O/c1-5-26-24(28-16-23-27-15-22(31-23)25(2,3)4)29-19-13-20-11-12-21(14-19)30(20)17-18-9-7-6-8-10-18/h6-10,15,19-21H,5,11-14,16-17H2,1-4H3,(H2,26,28,29). The summed E-state index contributed by atoms with van der Waals surface area (Å²) in [5, 5.41) is 7.09. The Balaban J connectivity index is 1.36. The molecule has 2 atom stereocenters. The van der Waals surface area contributed by atoms with Crippen LogP contribution in [0.5, 0.6) is 0 Å². The zero-order valence-electron chi connectivity index (χ0n) is 19.4. The number of aliphatic imine (C=N–C) groups is 1. The summed E-state index contributed by atoms with van der Waals surface area (Å²) in [6.07, 6.45) is 6.76. The van der Waals surface area contributed by atoms with Crippen LogP contribution in [0.25, 0.3) is 0 Å². The van der Waals surface area contributed by atoms with Gasteiger partial charge >= 0.3 is 0 Å². The molecule has 0 spiro atoms. The summed E-state index contributed by atoms with van der Waals surface area (Å²) in [7, 11) is 0. The molecule has 0 saturated carbocycles. The molecule has 2 unspecified atom stereocenters. The number of hydrogen-bond acceptors (Lipinski definition) is 4. The molecular weight excluding hydrogens is 386 g/mol. The molecule has 0 radical (unpaired) electrons. The van der Waals surface area contributed by atoms with E-state index in [1.54, 1.807) is 0 Å². The molecule has 2 aliphatic rings. The molecule has 1 aromatic carbocycles. The topological polar surface area (TPSA) is 65.7 Å². The average molecular weight is 424 g/mol. The third-order valence-corrected chi connectivity index (χ3v) is 6.44. The quantitative estimate of drug-likeness (QED) is 0.538. The number of guanidine groups is 1. The van der Waals surface area contributed by atoms with Gasteiger partial charge in [0.2, 0.25) is 5.89 Å². The maximum Gasteiger partial charge on any atom is 0.216 e. The third-order valence-electron chi connectivity index (χ3n) is 6.44. The second-order valence-corrected chi connectivity index (χ2v) is 9.92. The molecule has 0 aliphatic carbocycles. The van der Waals surface area contributed by atoms with Gasteiger partial charge in [0.15, 0.2) is 5.96 Å². The van der Waals surface area contributed by atoms with Crippen molar-refractivity contribution < 1.29 is 4.42 Å². The van der Waals surface area contributed by atoms with Gasteiger partial charge in [-0.15, -0.1) is 0 Å². The predicted octanol–water partition coefficient (Wildman–Crippen LogP) is 4.22. The molecule has 6 nitrogen and oxygen atoms in total. The molecule has 168 valence electrons. The van der Waals surface area contributed by atoms with Crippen LogP contribution in [0.1, 0.15) is 70.6 Å². The Morgan fingerprint density at radius 1 is 1.16 bits per heavy atom. The zero-order chi connectivity index (χ0) is 21.8. The highest BCUT2D eigenvalue weighted by molar-refractivity contribution is 5.80. The van der Waals surface area contributed by atoms with Crippen LogP contribution >= 0.6 is 0 Å². The molecule has 2 aliphatic heterocycles. The van der Waals surface area contributed by atoms with E-state index in [4.69, 9.17) is 9.41 Å². The smallest absolute Gasteiger partial charge is 0.216 e. The van der Waals surface area contributed by atoms with Crippen molar-refractivity contribution in [2.24, 2.45) is 4.99 Å². The van der Waals surface area contributed by atoms with Crippen LogP contribution in [-0.4, -0.2) is 40.5 Å². The summed E-state index contributed by atoms with van der Waals surface area (Å²) < 4.78 is 5.90. The van der Waals surface area contributed by atoms with Crippen LogP contribution in [0.3, 0.4) is 0 Å². The SMILES string of the molecule is CCNC(=NCc1ncc(C(C)(C)C)o1)NC1CC2CCC(C1)N2Cc1ccccc1. The average Bonchev–Trinajstić information content (AvgIpc) is 3.30. The molecule has 31 heavy (non-hydrogen) atoms. The van der Waals surface area contributed by atoms with E-state index >= 15 is 0 Å². The fourth-order valence-corrected chi connectivity index (χ4v) is 4.83. The first-order chi connectivity index (χ1) is 14.9. The lowest BCUT2D eigenvalue weighted by atomic mass is 9.94. The number of nitrogens with one attached hydrogen (secondary N) is 2. The zero-order valence-corrected chi connectivity index (χ0v) is 19.4. The van der Waals surface area contributed by atoms with Crippen molar-refractivity contribution >= 4 is 5.96 Å². The molecule has 2 aromatic rings. The van der Waals surface area contributed by atoms with Gasteiger partial charge in [-0.1, -0.05) is 51.1 Å². The molecular formula is C25H37N5O. The summed E-state index contributed by atoms with van der Waals surface area (Å²) >= 11 is 0. The molecule has 3 heterocycles. The molecule has 0 amide bonds. The monoisotopic (exact) mass is 423 g/mol. The van der Waals surface area contributed by atoms with E-state index in [1.165, 1.54) is 31.2 Å². The second-order valence-electron chi connectivity index (χ2n) is 9.92. The Kier molecular flexibility index (Phi) is 6.65. The van der Waals surface area contributed by atoms with Gasteiger partial charge in [-0.05, 0) is 38.2 Å². The fourth-order valence-electron chi connectivity index (χ4n) is 4.83. The lowest BCUT2D eigenvalue weighted by Crippen LogP contribution is -2.52. The number of benzene rings is 1. The summed E-state index contributed by atoms with van der Waals surface area (Å²) in [6, 6.07) is 12.6. The van der Waals surface area contributed by atoms with Crippen molar-refractivity contribution in [2.75, 3.05) is 6.54 Å². The van der Waals surface area contributed by atoms with Crippen molar-refractivity contribution in [3.05, 3.63) is 53.7 Å². The van der Waals surface area contributed by atoms with Crippen LogP contribution in [-0.2, 0) is 18.5 Å². The number of aromatic nitrogens is 1. The van der Waals surface area contributed by atoms with Crippen LogP contribution < -0.4 is 10.6 Å². The first kappa shape index (κ1) is 21.9. The maximum atomic E-state index is 5.90. The Labute approximate surface area is 186 Å². The normalized spacial score (nSPS) is 24.4. The van der Waals surface area contributed by atoms with Gasteiger partial charge in [0, 0.05) is 36.6 Å². The first-order valence-electron chi connectivity index (χ1n) is 11.7. The molecule has 2 bridgehead atoms. The van der Waals surface area contributed by atoms with Gasteiger partial charge in [-0.2, -0.15) is 0 Å². The summed E-state index contributed by atoms with van der Waals surface area (Å²) in [4.78, 5) is 11.9. The lowest BCUT2D eigenvalue weighted by Gasteiger charge is -2.39. The summed E-state index contributed by atoms with van der Waals surface area (Å²) in [6.45, 7) is 10.8. The molecule has 4 rings (SSSR count). The van der Waals surface area contributed by atoms with Crippen LogP contribution in [0.2, 0.25) is 0 Å². The van der Waals surface area contributed by atoms with Gasteiger partial charge in [-0.3, -0.25) is 4.90 Å². The molecule has 2 fully saturated rings. The highest BCUT2D eigenvalue weighted by Crippen LogP contribution is 2.36. The van der Waals surface area contributed by atoms with Gasteiger partial charge in [0.05, 0.1) is 6.20 Å². The van der Waals surface area contributed by atoms with E-state index in [9.17, 15) is 0 Å². The number of fused-ring (bicyclic) bond motifs is 2. The van der Waals surface area contributed by atoms with Crippen molar-refractivity contribution in [2.45, 2.75) is 90.0 Å². The van der Waals surface area contributed by atoms with Crippen molar-refractivity contribution in [3.63, 3.8) is 0 Å². The molecule has 1 aromatic heterocycles. The van der Waals surface area contributed by atoms with Crippen LogP contribution in [0.15, 0.2) is 45.9 Å². The highest BCUT2D eigenvalue weighted by atomic mass is 16.4. The maximum absolute atomic E-state index is 5.90. The molecule has 6 heteroatoms. The van der Waals surface area contributed by atoms with E-state index in [1.807, 2.05) is 6.20 Å². The van der Waals surface area contributed by atoms with Crippen molar-refractivity contribution in [3.8, 4) is 0 Å². The van der Waals surface area contributed by atoms with Gasteiger partial charge in [-0.25, -0.2) is 9.98 Å². The van der Waals surface area contributed by atoms with E-state index in [0.29, 0.717) is 30.6 Å². The van der Waals surface area contributed by atoms with E-state index in [-0.39, 0.29) is 5.41 Å². The van der Waals surface area contributed by atoms with E-state index in [0.717, 1.165) is 24.8 Å². The fraction of sp³-hybridized carbons (Fsp3) is 0.600. The summed E-state index contributed by atoms with van der Waals surface area (Å²) in [5.41, 5.74) is 1.38. The van der Waals surface area contributed by atoms with Gasteiger partial charge < -0.3 is 15.1 Å². The minimum absolute atomic E-state index is 0.0370. The molecule has 2 saturated heterocycles. The van der Waals surface area contributed by atoms with Gasteiger partial charge in [0.1, 0.15) is 12.3 Å². The predicted molar refractivity (Wildman–Crippen MR) is 125 cm³/mol. The van der Waals surface area contributed by atoms with Crippen LogP contribution in [0.4, 0.5) is 0 Å². The Hall–Kier alpha value is -2.34. The van der Waals surface area contributed by atoms with Gasteiger partial charge in [0.25, 0.3) is 0 Å². The minimum Gasteiger partial charge on any atom is -0.443 e. The number of rotatable bonds is 6. The first-order valence-corrected chi connectivity index (χ1v) is 11.7. The minimum atomic E-state index is -0.0370. The van der Waals surface area contributed by atoms with Crippen molar-refractivity contribution in [1.82, 2.24) is 20.5 Å². The summed E-state index contributed by atoms with van der Waals surface area (Å²) in [5.74, 6) is 2.43. The number of hydrogen-bond donors (Lipinski definition) is 2. The van der Waals surface area contributed by atoms with E-state index in [2.05, 4.69) is 78.5 Å².